The molecule has 1 aromatic rings. The number of morpholine rings is 1. The summed E-state index contributed by atoms with van der Waals surface area (Å²) in [5, 5.41) is 0. The fourth-order valence-electron chi connectivity index (χ4n) is 4.80. The highest BCUT2D eigenvalue weighted by molar-refractivity contribution is 5.85. The molecule has 0 unspecified atom stereocenters. The van der Waals surface area contributed by atoms with Crippen LogP contribution in [0.3, 0.4) is 0 Å². The topological polar surface area (TPSA) is 42.0 Å². The summed E-state index contributed by atoms with van der Waals surface area (Å²) >= 11 is 0. The van der Waals surface area contributed by atoms with Crippen molar-refractivity contribution >= 4 is 18.3 Å². The number of ether oxygens (including phenoxy) is 2. The number of carbonyl (C=O) groups excluding carboxylic acids is 1. The maximum absolute atomic E-state index is 12.8. The molecule has 162 valence electrons. The fraction of sp³-hybridized carbons (Fsp3) is 0.696. The average Bonchev–Trinajstić information content (AvgIpc) is 2.75. The lowest BCUT2D eigenvalue weighted by atomic mass is 9.88. The Hall–Kier alpha value is -1.14. The summed E-state index contributed by atoms with van der Waals surface area (Å²) in [5.41, 5.74) is 1.29. The third-order valence-electron chi connectivity index (χ3n) is 6.73. The molecule has 4 rings (SSSR count). The molecule has 0 aliphatic carbocycles. The standard InChI is InChI=1S/C23H34N2O3.ClH/c26-22(18-21-7-15-27-16-8-21)25-14-17-28-23(19-25)9-12-24(13-10-23)11-6-20-4-2-1-3-5-20;/h1-5,21H,6-19H2;1H. The molecule has 3 fully saturated rings. The Morgan fingerprint density at radius 2 is 1.76 bits per heavy atom. The maximum Gasteiger partial charge on any atom is 0.223 e. The highest BCUT2D eigenvalue weighted by Gasteiger charge is 2.41. The van der Waals surface area contributed by atoms with Crippen molar-refractivity contribution in [2.75, 3.05) is 52.5 Å². The van der Waals surface area contributed by atoms with Gasteiger partial charge < -0.3 is 19.3 Å². The number of nitrogens with zero attached hydrogens (tertiary/aromatic N) is 2. The van der Waals surface area contributed by atoms with Crippen LogP contribution in [0.1, 0.15) is 37.7 Å². The van der Waals surface area contributed by atoms with Gasteiger partial charge in [0, 0.05) is 52.4 Å². The summed E-state index contributed by atoms with van der Waals surface area (Å²) < 4.78 is 11.7. The summed E-state index contributed by atoms with van der Waals surface area (Å²) in [4.78, 5) is 17.5. The number of amides is 1. The Morgan fingerprint density at radius 1 is 1.03 bits per heavy atom. The van der Waals surface area contributed by atoms with Gasteiger partial charge in [-0.1, -0.05) is 30.3 Å². The molecule has 1 spiro atoms. The van der Waals surface area contributed by atoms with Crippen molar-refractivity contribution in [2.24, 2.45) is 5.92 Å². The van der Waals surface area contributed by atoms with Crippen LogP contribution >= 0.6 is 12.4 Å². The second-order valence-corrected chi connectivity index (χ2v) is 8.68. The van der Waals surface area contributed by atoms with Gasteiger partial charge in [-0.3, -0.25) is 4.79 Å². The molecule has 6 heteroatoms. The molecular weight excluding hydrogens is 388 g/mol. The van der Waals surface area contributed by atoms with Gasteiger partial charge in [-0.15, -0.1) is 12.4 Å². The number of piperidine rings is 1. The van der Waals surface area contributed by atoms with Crippen molar-refractivity contribution < 1.29 is 14.3 Å². The van der Waals surface area contributed by atoms with Crippen LogP contribution in [0, 0.1) is 5.92 Å². The van der Waals surface area contributed by atoms with E-state index in [1.165, 1.54) is 5.56 Å². The van der Waals surface area contributed by atoms with Gasteiger partial charge in [0.1, 0.15) is 0 Å². The molecule has 3 aliphatic rings. The lowest BCUT2D eigenvalue weighted by molar-refractivity contribution is -0.160. The van der Waals surface area contributed by atoms with Crippen LogP contribution < -0.4 is 0 Å². The van der Waals surface area contributed by atoms with Gasteiger partial charge in [0.05, 0.1) is 12.2 Å². The molecule has 1 amide bonds. The third kappa shape index (κ3) is 6.17. The summed E-state index contributed by atoms with van der Waals surface area (Å²) in [7, 11) is 0. The van der Waals surface area contributed by atoms with Crippen LogP contribution in [0.2, 0.25) is 0 Å². The van der Waals surface area contributed by atoms with Gasteiger partial charge in [-0.05, 0) is 43.6 Å². The first-order chi connectivity index (χ1) is 13.7. The van der Waals surface area contributed by atoms with Crippen molar-refractivity contribution in [3.63, 3.8) is 0 Å². The largest absolute Gasteiger partial charge is 0.381 e. The molecule has 0 bridgehead atoms. The molecule has 3 saturated heterocycles. The van der Waals surface area contributed by atoms with Crippen molar-refractivity contribution in [3.05, 3.63) is 35.9 Å². The van der Waals surface area contributed by atoms with Crippen LogP contribution in [0.4, 0.5) is 0 Å². The van der Waals surface area contributed by atoms with E-state index in [-0.39, 0.29) is 18.0 Å². The van der Waals surface area contributed by atoms with E-state index < -0.39 is 0 Å². The Balaban J connectivity index is 0.00000240. The molecule has 0 saturated carbocycles. The predicted molar refractivity (Wildman–Crippen MR) is 116 cm³/mol. The molecule has 3 aliphatic heterocycles. The summed E-state index contributed by atoms with van der Waals surface area (Å²) in [6, 6.07) is 10.7. The predicted octanol–water partition coefficient (Wildman–Crippen LogP) is 3.16. The number of hydrogen-bond acceptors (Lipinski definition) is 4. The molecule has 1 aromatic carbocycles. The zero-order valence-corrected chi connectivity index (χ0v) is 18.2. The van der Waals surface area contributed by atoms with Gasteiger partial charge in [0.2, 0.25) is 5.91 Å². The Morgan fingerprint density at radius 3 is 2.48 bits per heavy atom. The molecule has 0 radical (unpaired) electrons. The first-order valence-electron chi connectivity index (χ1n) is 11.0. The lowest BCUT2D eigenvalue weighted by Crippen LogP contribution is -2.58. The summed E-state index contributed by atoms with van der Waals surface area (Å²) in [6.07, 6.45) is 5.90. The molecular formula is C23H35ClN2O3. The number of benzene rings is 1. The molecule has 0 aromatic heterocycles. The first kappa shape index (κ1) is 22.5. The second kappa shape index (κ2) is 10.8. The van der Waals surface area contributed by atoms with Crippen molar-refractivity contribution in [2.45, 2.75) is 44.1 Å². The molecule has 5 nitrogen and oxygen atoms in total. The van der Waals surface area contributed by atoms with E-state index in [4.69, 9.17) is 9.47 Å². The second-order valence-electron chi connectivity index (χ2n) is 8.68. The minimum atomic E-state index is -0.118. The van der Waals surface area contributed by atoms with Crippen molar-refractivity contribution in [1.29, 1.82) is 0 Å². The van der Waals surface area contributed by atoms with E-state index in [0.29, 0.717) is 24.9 Å². The smallest absolute Gasteiger partial charge is 0.223 e. The van der Waals surface area contributed by atoms with Gasteiger partial charge in [0.25, 0.3) is 0 Å². The van der Waals surface area contributed by atoms with Crippen LogP contribution in [-0.4, -0.2) is 73.9 Å². The average molecular weight is 423 g/mol. The zero-order chi connectivity index (χ0) is 19.2. The van der Waals surface area contributed by atoms with Crippen molar-refractivity contribution in [3.8, 4) is 0 Å². The quantitative estimate of drug-likeness (QED) is 0.731. The van der Waals surface area contributed by atoms with Crippen LogP contribution in [0.25, 0.3) is 0 Å². The van der Waals surface area contributed by atoms with Crippen LogP contribution in [-0.2, 0) is 20.7 Å². The molecule has 0 atom stereocenters. The van der Waals surface area contributed by atoms with E-state index in [2.05, 4.69) is 40.1 Å². The Kier molecular flexibility index (Phi) is 8.36. The highest BCUT2D eigenvalue weighted by atomic mass is 35.5. The van der Waals surface area contributed by atoms with E-state index >= 15 is 0 Å². The van der Waals surface area contributed by atoms with Crippen molar-refractivity contribution in [1.82, 2.24) is 9.80 Å². The van der Waals surface area contributed by atoms with Gasteiger partial charge >= 0.3 is 0 Å². The number of halogens is 1. The monoisotopic (exact) mass is 422 g/mol. The minimum Gasteiger partial charge on any atom is -0.381 e. The number of carbonyl (C=O) groups is 1. The molecule has 3 heterocycles. The Labute approximate surface area is 181 Å². The fourth-order valence-corrected chi connectivity index (χ4v) is 4.80. The first-order valence-corrected chi connectivity index (χ1v) is 11.0. The number of likely N-dealkylation sites (tertiary alicyclic amines) is 1. The summed E-state index contributed by atoms with van der Waals surface area (Å²) in [6.45, 7) is 7.07. The third-order valence-corrected chi connectivity index (χ3v) is 6.73. The molecule has 29 heavy (non-hydrogen) atoms. The Bertz CT molecular complexity index is 628. The number of rotatable bonds is 5. The summed E-state index contributed by atoms with van der Waals surface area (Å²) in [5.74, 6) is 0.820. The van der Waals surface area contributed by atoms with Crippen LogP contribution in [0.5, 0.6) is 0 Å². The van der Waals surface area contributed by atoms with E-state index in [1.807, 2.05) is 0 Å². The van der Waals surface area contributed by atoms with E-state index in [1.54, 1.807) is 0 Å². The van der Waals surface area contributed by atoms with Gasteiger partial charge in [-0.2, -0.15) is 0 Å². The maximum atomic E-state index is 12.8. The van der Waals surface area contributed by atoms with Gasteiger partial charge in [0.15, 0.2) is 0 Å². The number of hydrogen-bond donors (Lipinski definition) is 0. The van der Waals surface area contributed by atoms with E-state index in [9.17, 15) is 4.79 Å². The van der Waals surface area contributed by atoms with Crippen LogP contribution in [0.15, 0.2) is 30.3 Å². The van der Waals surface area contributed by atoms with Gasteiger partial charge in [-0.25, -0.2) is 0 Å². The SMILES string of the molecule is Cl.O=C(CC1CCOCC1)N1CCOC2(CCN(CCc3ccccc3)CC2)C1. The zero-order valence-electron chi connectivity index (χ0n) is 17.4. The molecule has 0 N–H and O–H groups in total. The van der Waals surface area contributed by atoms with E-state index in [0.717, 1.165) is 78.0 Å². The lowest BCUT2D eigenvalue weighted by Gasteiger charge is -2.47. The minimum absolute atomic E-state index is 0. The normalized spacial score (nSPS) is 23.0. The highest BCUT2D eigenvalue weighted by Crippen LogP contribution is 2.31.